The number of halogens is 1. The number of nitrogens with one attached hydrogen (secondary N) is 1. The number of carbonyl (C=O) groups excluding carboxylic acids is 1. The second-order valence-electron chi connectivity index (χ2n) is 9.07. The first kappa shape index (κ1) is 25.6. The van der Waals surface area contributed by atoms with Crippen molar-refractivity contribution in [3.05, 3.63) is 89.2 Å². The summed E-state index contributed by atoms with van der Waals surface area (Å²) in [7, 11) is 0. The molecule has 7 heteroatoms. The van der Waals surface area contributed by atoms with Crippen molar-refractivity contribution in [3.8, 4) is 11.5 Å². The first-order chi connectivity index (χ1) is 17.4. The minimum Gasteiger partial charge on any atom is -0.494 e. The number of nitrogens with zero attached hydrogens (tertiary/aromatic N) is 2. The van der Waals surface area contributed by atoms with Gasteiger partial charge in [-0.3, -0.25) is 4.79 Å². The van der Waals surface area contributed by atoms with E-state index in [2.05, 4.69) is 41.9 Å². The van der Waals surface area contributed by atoms with Crippen LogP contribution in [-0.2, 0) is 11.3 Å². The number of fused-ring (bicyclic) bond motifs is 1. The number of amides is 1. The van der Waals surface area contributed by atoms with Crippen molar-refractivity contribution in [2.45, 2.75) is 45.7 Å². The van der Waals surface area contributed by atoms with E-state index in [-0.39, 0.29) is 18.6 Å². The number of ether oxygens (including phenoxy) is 2. The third-order valence-electron chi connectivity index (χ3n) is 5.97. The molecule has 1 heterocycles. The fourth-order valence-electron chi connectivity index (χ4n) is 4.05. The van der Waals surface area contributed by atoms with Gasteiger partial charge in [0.05, 0.1) is 23.7 Å². The van der Waals surface area contributed by atoms with Crippen LogP contribution in [0.1, 0.15) is 50.5 Å². The number of para-hydroxylation sites is 2. The summed E-state index contributed by atoms with van der Waals surface area (Å²) in [4.78, 5) is 17.4. The summed E-state index contributed by atoms with van der Waals surface area (Å²) in [6, 6.07) is 22.9. The Morgan fingerprint density at radius 1 is 0.944 bits per heavy atom. The van der Waals surface area contributed by atoms with Crippen LogP contribution in [0.3, 0.4) is 0 Å². The zero-order chi connectivity index (χ0) is 25.5. The van der Waals surface area contributed by atoms with E-state index in [4.69, 9.17) is 26.1 Å². The molecule has 1 unspecified atom stereocenters. The highest BCUT2D eigenvalue weighted by Gasteiger charge is 2.18. The van der Waals surface area contributed by atoms with Crippen LogP contribution in [0.2, 0.25) is 5.02 Å². The van der Waals surface area contributed by atoms with Crippen LogP contribution in [0.5, 0.6) is 11.5 Å². The lowest BCUT2D eigenvalue weighted by Gasteiger charge is -2.17. The molecule has 0 bridgehead atoms. The maximum atomic E-state index is 12.6. The number of rotatable bonds is 11. The molecule has 1 atom stereocenters. The van der Waals surface area contributed by atoms with Crippen molar-refractivity contribution in [2.24, 2.45) is 0 Å². The molecule has 0 saturated heterocycles. The van der Waals surface area contributed by atoms with Gasteiger partial charge < -0.3 is 19.4 Å². The Balaban J connectivity index is 1.36. The van der Waals surface area contributed by atoms with Gasteiger partial charge in [0.2, 0.25) is 0 Å². The Kier molecular flexibility index (Phi) is 8.49. The van der Waals surface area contributed by atoms with Crippen molar-refractivity contribution in [1.29, 1.82) is 0 Å². The number of hydrogen-bond donors (Lipinski definition) is 1. The summed E-state index contributed by atoms with van der Waals surface area (Å²) in [5.41, 5.74) is 3.23. The van der Waals surface area contributed by atoms with E-state index in [0.717, 1.165) is 35.6 Å². The van der Waals surface area contributed by atoms with Gasteiger partial charge in [0.25, 0.3) is 5.91 Å². The molecule has 0 spiro atoms. The number of benzene rings is 3. The van der Waals surface area contributed by atoms with Crippen molar-refractivity contribution in [2.75, 3.05) is 13.2 Å². The molecule has 1 N–H and O–H groups in total. The van der Waals surface area contributed by atoms with Crippen molar-refractivity contribution in [3.63, 3.8) is 0 Å². The number of aromatic nitrogens is 2. The Hall–Kier alpha value is -3.51. The number of aryl methyl sites for hydroxylation is 1. The van der Waals surface area contributed by atoms with E-state index < -0.39 is 0 Å². The SMILES string of the molecule is CC(C)c1ccc(OCCCn2c(C(C)NC(=O)COc3ccc(Cl)cc3)nc3ccccc32)cc1. The molecule has 6 nitrogen and oxygen atoms in total. The first-order valence-electron chi connectivity index (χ1n) is 12.3. The van der Waals surface area contributed by atoms with Crippen LogP contribution < -0.4 is 14.8 Å². The molecule has 1 amide bonds. The number of carbonyl (C=O) groups is 1. The largest absolute Gasteiger partial charge is 0.494 e. The van der Waals surface area contributed by atoms with Crippen LogP contribution >= 0.6 is 11.6 Å². The van der Waals surface area contributed by atoms with Crippen molar-refractivity contribution >= 4 is 28.5 Å². The third-order valence-corrected chi connectivity index (χ3v) is 6.23. The van der Waals surface area contributed by atoms with E-state index in [0.29, 0.717) is 23.3 Å². The minimum absolute atomic E-state index is 0.0877. The zero-order valence-corrected chi connectivity index (χ0v) is 21.7. The normalized spacial score (nSPS) is 12.0. The van der Waals surface area contributed by atoms with Gasteiger partial charge >= 0.3 is 0 Å². The molecular weight excluding hydrogens is 474 g/mol. The topological polar surface area (TPSA) is 65.4 Å². The molecule has 188 valence electrons. The van der Waals surface area contributed by atoms with Gasteiger partial charge in [0.1, 0.15) is 17.3 Å². The van der Waals surface area contributed by atoms with E-state index in [9.17, 15) is 4.79 Å². The average molecular weight is 506 g/mol. The summed E-state index contributed by atoms with van der Waals surface area (Å²) in [6.07, 6.45) is 0.805. The van der Waals surface area contributed by atoms with Gasteiger partial charge in [-0.1, -0.05) is 49.7 Å². The van der Waals surface area contributed by atoms with E-state index in [1.165, 1.54) is 5.56 Å². The Bertz CT molecular complexity index is 1280. The molecule has 1 aromatic heterocycles. The highest BCUT2D eigenvalue weighted by Crippen LogP contribution is 2.22. The predicted molar refractivity (Wildman–Crippen MR) is 144 cm³/mol. The molecule has 3 aromatic carbocycles. The van der Waals surface area contributed by atoms with Crippen molar-refractivity contribution in [1.82, 2.24) is 14.9 Å². The van der Waals surface area contributed by atoms with Crippen LogP contribution in [0.25, 0.3) is 11.0 Å². The molecule has 0 fully saturated rings. The monoisotopic (exact) mass is 505 g/mol. The second-order valence-corrected chi connectivity index (χ2v) is 9.50. The van der Waals surface area contributed by atoms with E-state index >= 15 is 0 Å². The number of hydrogen-bond acceptors (Lipinski definition) is 4. The minimum atomic E-state index is -0.289. The molecule has 0 saturated carbocycles. The number of imidazole rings is 1. The highest BCUT2D eigenvalue weighted by atomic mass is 35.5. The second kappa shape index (κ2) is 12.0. The lowest BCUT2D eigenvalue weighted by atomic mass is 10.0. The molecule has 4 aromatic rings. The van der Waals surface area contributed by atoms with E-state index in [1.807, 2.05) is 37.3 Å². The van der Waals surface area contributed by atoms with Gasteiger partial charge in [-0.25, -0.2) is 4.98 Å². The Morgan fingerprint density at radius 3 is 2.33 bits per heavy atom. The lowest BCUT2D eigenvalue weighted by molar-refractivity contribution is -0.123. The van der Waals surface area contributed by atoms with Crippen LogP contribution in [-0.4, -0.2) is 28.7 Å². The molecule has 36 heavy (non-hydrogen) atoms. The maximum Gasteiger partial charge on any atom is 0.258 e. The molecule has 0 aliphatic carbocycles. The summed E-state index contributed by atoms with van der Waals surface area (Å²) in [6.45, 7) is 7.52. The van der Waals surface area contributed by atoms with Crippen LogP contribution in [0, 0.1) is 0 Å². The molecular formula is C29H32ClN3O3. The van der Waals surface area contributed by atoms with Gasteiger partial charge in [0, 0.05) is 11.6 Å². The standard InChI is InChI=1S/C29H32ClN3O3/c1-20(2)22-9-13-24(14-10-22)35-18-6-17-33-27-8-5-4-7-26(27)32-29(33)21(3)31-28(34)19-36-25-15-11-23(30)12-16-25/h4-5,7-16,20-21H,6,17-19H2,1-3H3,(H,31,34). The summed E-state index contributed by atoms with van der Waals surface area (Å²) in [5.74, 6) is 2.55. The third kappa shape index (κ3) is 6.58. The van der Waals surface area contributed by atoms with Gasteiger partial charge in [-0.2, -0.15) is 0 Å². The smallest absolute Gasteiger partial charge is 0.258 e. The molecule has 4 rings (SSSR count). The van der Waals surface area contributed by atoms with Gasteiger partial charge in [-0.15, -0.1) is 0 Å². The van der Waals surface area contributed by atoms with Crippen LogP contribution in [0.15, 0.2) is 72.8 Å². The molecule has 0 aliphatic heterocycles. The average Bonchev–Trinajstić information content (AvgIpc) is 3.25. The van der Waals surface area contributed by atoms with Crippen LogP contribution in [0.4, 0.5) is 0 Å². The molecule has 0 radical (unpaired) electrons. The summed E-state index contributed by atoms with van der Waals surface area (Å²) >= 11 is 5.90. The predicted octanol–water partition coefficient (Wildman–Crippen LogP) is 6.54. The first-order valence-corrected chi connectivity index (χ1v) is 12.6. The highest BCUT2D eigenvalue weighted by molar-refractivity contribution is 6.30. The fourth-order valence-corrected chi connectivity index (χ4v) is 4.17. The Morgan fingerprint density at radius 2 is 1.61 bits per heavy atom. The van der Waals surface area contributed by atoms with Crippen molar-refractivity contribution < 1.29 is 14.3 Å². The Labute approximate surface area is 217 Å². The van der Waals surface area contributed by atoms with Gasteiger partial charge in [-0.05, 0) is 73.4 Å². The molecule has 0 aliphatic rings. The quantitative estimate of drug-likeness (QED) is 0.235. The summed E-state index contributed by atoms with van der Waals surface area (Å²) in [5, 5.41) is 3.62. The maximum absolute atomic E-state index is 12.6. The zero-order valence-electron chi connectivity index (χ0n) is 20.9. The van der Waals surface area contributed by atoms with E-state index in [1.54, 1.807) is 24.3 Å². The van der Waals surface area contributed by atoms with Gasteiger partial charge in [0.15, 0.2) is 6.61 Å². The fraction of sp³-hybridized carbons (Fsp3) is 0.310. The summed E-state index contributed by atoms with van der Waals surface area (Å²) < 4.78 is 13.7. The lowest BCUT2D eigenvalue weighted by Crippen LogP contribution is -2.32.